The molecule has 0 aliphatic carbocycles. The second kappa shape index (κ2) is 6.19. The summed E-state index contributed by atoms with van der Waals surface area (Å²) in [5.41, 5.74) is 0. The Morgan fingerprint density at radius 1 is 1.50 bits per heavy atom. The van der Waals surface area contributed by atoms with Crippen LogP contribution in [0.25, 0.3) is 6.08 Å². The summed E-state index contributed by atoms with van der Waals surface area (Å²) in [5, 5.41) is 18.0. The van der Waals surface area contributed by atoms with E-state index in [2.05, 4.69) is 0 Å². The van der Waals surface area contributed by atoms with Gasteiger partial charge in [-0.2, -0.15) is 0 Å². The van der Waals surface area contributed by atoms with Gasteiger partial charge in [0.1, 0.15) is 0 Å². The highest BCUT2D eigenvalue weighted by molar-refractivity contribution is 7.14. The van der Waals surface area contributed by atoms with Gasteiger partial charge in [-0.15, -0.1) is 11.3 Å². The number of aliphatic carboxylic acids is 1. The Labute approximate surface area is 121 Å². The zero-order chi connectivity index (χ0) is 14.7. The number of carbonyl (C=O) groups is 2. The number of aliphatic hydroxyl groups excluding tert-OH is 1. The normalized spacial score (nSPS) is 22.6. The van der Waals surface area contributed by atoms with Crippen molar-refractivity contribution in [2.45, 2.75) is 19.4 Å². The molecule has 2 heterocycles. The Hall–Kier alpha value is -1.66. The predicted molar refractivity (Wildman–Crippen MR) is 76.7 cm³/mol. The van der Waals surface area contributed by atoms with Crippen molar-refractivity contribution in [3.05, 3.63) is 28.0 Å². The number of hydrogen-bond donors (Lipinski definition) is 2. The van der Waals surface area contributed by atoms with Gasteiger partial charge in [0, 0.05) is 17.5 Å². The topological polar surface area (TPSA) is 77.8 Å². The molecule has 108 valence electrons. The van der Waals surface area contributed by atoms with Crippen molar-refractivity contribution < 1.29 is 19.8 Å². The molecule has 1 saturated heterocycles. The van der Waals surface area contributed by atoms with E-state index in [0.717, 1.165) is 17.4 Å². The standard InChI is InChI=1S/C14H17NO4S/c1-9-6-7-15(11(9)8-16)14(19)12-4-2-10(20-12)3-5-13(17)18/h2-5,9,11,16H,6-8H2,1H3,(H,17,18)/b5-3+. The van der Waals surface area contributed by atoms with Crippen LogP contribution in [0, 0.1) is 5.92 Å². The fourth-order valence-electron chi connectivity index (χ4n) is 2.39. The van der Waals surface area contributed by atoms with Crippen LogP contribution < -0.4 is 0 Å². The third-order valence-corrected chi connectivity index (χ3v) is 4.60. The third-order valence-electron chi connectivity index (χ3n) is 3.56. The van der Waals surface area contributed by atoms with Crippen LogP contribution in [0.3, 0.4) is 0 Å². The van der Waals surface area contributed by atoms with Gasteiger partial charge in [-0.1, -0.05) is 6.92 Å². The van der Waals surface area contributed by atoms with Crippen LogP contribution in [0.15, 0.2) is 18.2 Å². The smallest absolute Gasteiger partial charge is 0.328 e. The van der Waals surface area contributed by atoms with E-state index in [1.165, 1.54) is 17.4 Å². The maximum Gasteiger partial charge on any atom is 0.328 e. The van der Waals surface area contributed by atoms with E-state index < -0.39 is 5.97 Å². The van der Waals surface area contributed by atoms with E-state index in [0.29, 0.717) is 17.3 Å². The summed E-state index contributed by atoms with van der Waals surface area (Å²) in [6.45, 7) is 2.66. The van der Waals surface area contributed by atoms with Gasteiger partial charge in [-0.3, -0.25) is 4.79 Å². The monoisotopic (exact) mass is 295 g/mol. The Kier molecular flexibility index (Phi) is 4.57. The molecule has 2 rings (SSSR count). The zero-order valence-corrected chi connectivity index (χ0v) is 12.0. The molecule has 1 aromatic rings. The summed E-state index contributed by atoms with van der Waals surface area (Å²) >= 11 is 1.26. The van der Waals surface area contributed by atoms with Crippen LogP contribution in [-0.4, -0.2) is 46.2 Å². The molecule has 1 amide bonds. The number of carbonyl (C=O) groups excluding carboxylic acids is 1. The van der Waals surface area contributed by atoms with E-state index in [9.17, 15) is 14.7 Å². The van der Waals surface area contributed by atoms with Crippen LogP contribution >= 0.6 is 11.3 Å². The molecule has 0 spiro atoms. The van der Waals surface area contributed by atoms with Gasteiger partial charge in [0.25, 0.3) is 5.91 Å². The van der Waals surface area contributed by atoms with Crippen molar-refractivity contribution in [2.75, 3.05) is 13.2 Å². The van der Waals surface area contributed by atoms with Gasteiger partial charge < -0.3 is 15.1 Å². The van der Waals surface area contributed by atoms with Gasteiger partial charge in [-0.05, 0) is 30.5 Å². The lowest BCUT2D eigenvalue weighted by atomic mass is 10.0. The Morgan fingerprint density at radius 3 is 2.90 bits per heavy atom. The molecule has 1 aliphatic heterocycles. The maximum absolute atomic E-state index is 12.4. The minimum absolute atomic E-state index is 0.0238. The van der Waals surface area contributed by atoms with E-state index in [4.69, 9.17) is 5.11 Å². The summed E-state index contributed by atoms with van der Waals surface area (Å²) < 4.78 is 0. The summed E-state index contributed by atoms with van der Waals surface area (Å²) in [7, 11) is 0. The summed E-state index contributed by atoms with van der Waals surface area (Å²) in [5.74, 6) is -0.802. The van der Waals surface area contributed by atoms with Gasteiger partial charge in [0.2, 0.25) is 0 Å². The minimum atomic E-state index is -1.01. The molecule has 1 aliphatic rings. The number of rotatable bonds is 4. The van der Waals surface area contributed by atoms with Gasteiger partial charge in [0.15, 0.2) is 0 Å². The number of carboxylic acid groups (broad SMARTS) is 1. The van der Waals surface area contributed by atoms with Crippen molar-refractivity contribution in [1.29, 1.82) is 0 Å². The van der Waals surface area contributed by atoms with Crippen LogP contribution in [0.4, 0.5) is 0 Å². The van der Waals surface area contributed by atoms with Crippen molar-refractivity contribution in [2.24, 2.45) is 5.92 Å². The molecular formula is C14H17NO4S. The molecular weight excluding hydrogens is 278 g/mol. The first-order valence-corrected chi connectivity index (χ1v) is 7.27. The van der Waals surface area contributed by atoms with E-state index in [-0.39, 0.29) is 18.6 Å². The van der Waals surface area contributed by atoms with E-state index >= 15 is 0 Å². The first kappa shape index (κ1) is 14.7. The fourth-order valence-corrected chi connectivity index (χ4v) is 3.26. The number of aliphatic hydroxyl groups is 1. The number of amides is 1. The molecule has 6 heteroatoms. The molecule has 0 aromatic carbocycles. The number of likely N-dealkylation sites (tertiary alicyclic amines) is 1. The maximum atomic E-state index is 12.4. The van der Waals surface area contributed by atoms with Crippen LogP contribution in [0.2, 0.25) is 0 Å². The number of carboxylic acids is 1. The van der Waals surface area contributed by atoms with E-state index in [1.54, 1.807) is 17.0 Å². The zero-order valence-electron chi connectivity index (χ0n) is 11.2. The predicted octanol–water partition coefficient (Wildman–Crippen LogP) is 1.69. The largest absolute Gasteiger partial charge is 0.478 e. The summed E-state index contributed by atoms with van der Waals surface area (Å²) in [6, 6.07) is 3.30. The van der Waals surface area contributed by atoms with E-state index in [1.807, 2.05) is 6.92 Å². The third kappa shape index (κ3) is 3.08. The first-order valence-electron chi connectivity index (χ1n) is 6.45. The quantitative estimate of drug-likeness (QED) is 0.829. The lowest BCUT2D eigenvalue weighted by Crippen LogP contribution is -2.39. The highest BCUT2D eigenvalue weighted by Gasteiger charge is 2.34. The van der Waals surface area contributed by atoms with Crippen molar-refractivity contribution >= 4 is 29.3 Å². The SMILES string of the molecule is CC1CCN(C(=O)c2ccc(/C=C/C(=O)O)s2)C1CO. The lowest BCUT2D eigenvalue weighted by Gasteiger charge is -2.24. The number of hydrogen-bond acceptors (Lipinski definition) is 4. The van der Waals surface area contributed by atoms with Gasteiger partial charge in [-0.25, -0.2) is 4.79 Å². The Balaban J connectivity index is 2.12. The van der Waals surface area contributed by atoms with Crippen molar-refractivity contribution in [1.82, 2.24) is 4.90 Å². The number of thiophene rings is 1. The van der Waals surface area contributed by atoms with Crippen LogP contribution in [0.5, 0.6) is 0 Å². The van der Waals surface area contributed by atoms with Crippen molar-refractivity contribution in [3.63, 3.8) is 0 Å². The molecule has 2 atom stereocenters. The molecule has 20 heavy (non-hydrogen) atoms. The Morgan fingerprint density at radius 2 is 2.25 bits per heavy atom. The molecule has 0 saturated carbocycles. The summed E-state index contributed by atoms with van der Waals surface area (Å²) in [6.07, 6.45) is 3.42. The molecule has 5 nitrogen and oxygen atoms in total. The van der Waals surface area contributed by atoms with Crippen LogP contribution in [-0.2, 0) is 4.79 Å². The number of nitrogens with zero attached hydrogens (tertiary/aromatic N) is 1. The molecule has 1 aromatic heterocycles. The highest BCUT2D eigenvalue weighted by atomic mass is 32.1. The highest BCUT2D eigenvalue weighted by Crippen LogP contribution is 2.27. The van der Waals surface area contributed by atoms with Gasteiger partial charge >= 0.3 is 5.97 Å². The lowest BCUT2D eigenvalue weighted by molar-refractivity contribution is -0.131. The average molecular weight is 295 g/mol. The fraction of sp³-hybridized carbons (Fsp3) is 0.429. The molecule has 2 unspecified atom stereocenters. The first-order chi connectivity index (χ1) is 9.52. The minimum Gasteiger partial charge on any atom is -0.478 e. The van der Waals surface area contributed by atoms with Crippen molar-refractivity contribution in [3.8, 4) is 0 Å². The average Bonchev–Trinajstić information content (AvgIpc) is 3.02. The molecule has 2 N–H and O–H groups in total. The molecule has 0 radical (unpaired) electrons. The molecule has 1 fully saturated rings. The van der Waals surface area contributed by atoms with Crippen LogP contribution in [0.1, 0.15) is 27.9 Å². The second-order valence-electron chi connectivity index (χ2n) is 4.89. The Bertz CT molecular complexity index is 537. The summed E-state index contributed by atoms with van der Waals surface area (Å²) in [4.78, 5) is 25.9. The second-order valence-corrected chi connectivity index (χ2v) is 6.00. The molecule has 0 bridgehead atoms. The van der Waals surface area contributed by atoms with Gasteiger partial charge in [0.05, 0.1) is 17.5 Å².